The van der Waals surface area contributed by atoms with Crippen molar-refractivity contribution in [2.75, 3.05) is 6.79 Å². The number of rotatable bonds is 5. The standard InChI is InChI=1S/C15H22I2NO3/c1-8-3-9-5-15(4-8)6-10(15)11(9)20-7-21-13(19)14(2,16)12-17-18-12/h8-12,18H,3-7H2,1-2H3/q-1. The molecule has 0 radical (unpaired) electrons. The molecule has 7 unspecified atom stereocenters. The van der Waals surface area contributed by atoms with Crippen molar-refractivity contribution in [2.45, 2.75) is 53.1 Å². The number of carbonyl (C=O) groups excluding carboxylic acids is 1. The molecular formula is C15H22I2NO3-. The van der Waals surface area contributed by atoms with Crippen molar-refractivity contribution in [2.24, 2.45) is 23.2 Å². The molecule has 21 heavy (non-hydrogen) atoms. The summed E-state index contributed by atoms with van der Waals surface area (Å²) in [4.78, 5) is 12.2. The quantitative estimate of drug-likeness (QED) is 0.101. The number of esters is 1. The molecule has 4 aliphatic rings. The summed E-state index contributed by atoms with van der Waals surface area (Å²) < 4.78 is 14.7. The summed E-state index contributed by atoms with van der Waals surface area (Å²) in [6.07, 6.45) is 5.71. The number of hydrogen-bond donors (Lipinski definition) is 1. The topological polar surface area (TPSA) is 57.5 Å². The molecule has 3 aliphatic carbocycles. The molecule has 2 bridgehead atoms. The molecule has 1 N–H and O–H groups in total. The predicted octanol–water partition coefficient (Wildman–Crippen LogP) is -0.545. The summed E-state index contributed by atoms with van der Waals surface area (Å²) in [6.45, 7) is 4.48. The first kappa shape index (κ1) is 15.4. The van der Waals surface area contributed by atoms with Crippen molar-refractivity contribution in [3.63, 3.8) is 0 Å². The van der Waals surface area contributed by atoms with Gasteiger partial charge < -0.3 is 0 Å². The van der Waals surface area contributed by atoms with Gasteiger partial charge in [-0.15, -0.1) is 0 Å². The number of fused-ring (bicyclic) bond motifs is 1. The third kappa shape index (κ3) is 2.65. The first-order valence-corrected chi connectivity index (χ1v) is 11.2. The Morgan fingerprint density at radius 1 is 1.48 bits per heavy atom. The SMILES string of the molecule is CC1CC2CC3(C1)CC3C2OCOC(=O)C(C)(I)C1N[I-]1. The Labute approximate surface area is 150 Å². The van der Waals surface area contributed by atoms with Crippen LogP contribution in [0.5, 0.6) is 0 Å². The van der Waals surface area contributed by atoms with E-state index in [0.29, 0.717) is 21.5 Å². The van der Waals surface area contributed by atoms with Crippen molar-refractivity contribution in [1.29, 1.82) is 0 Å². The maximum absolute atomic E-state index is 12.2. The molecule has 0 aromatic carbocycles. The van der Waals surface area contributed by atoms with Gasteiger partial charge in [0.15, 0.2) is 0 Å². The average Bonchev–Trinajstić information content (AvgIpc) is 3.29. The monoisotopic (exact) mass is 518 g/mol. The van der Waals surface area contributed by atoms with Crippen molar-refractivity contribution >= 4 is 28.6 Å². The molecule has 3 saturated carbocycles. The van der Waals surface area contributed by atoms with E-state index in [9.17, 15) is 4.79 Å². The van der Waals surface area contributed by atoms with Gasteiger partial charge in [0, 0.05) is 0 Å². The van der Waals surface area contributed by atoms with Gasteiger partial charge in [-0.05, 0) is 0 Å². The van der Waals surface area contributed by atoms with Crippen molar-refractivity contribution < 1.29 is 35.7 Å². The normalized spacial score (nSPS) is 49.6. The molecular weight excluding hydrogens is 496 g/mol. The van der Waals surface area contributed by atoms with E-state index in [2.05, 4.69) is 33.0 Å². The third-order valence-corrected chi connectivity index (χ3v) is 10.5. The van der Waals surface area contributed by atoms with E-state index >= 15 is 0 Å². The number of hydrogen-bond acceptors (Lipinski definition) is 4. The van der Waals surface area contributed by atoms with Gasteiger partial charge in [0.2, 0.25) is 0 Å². The molecule has 6 heteroatoms. The number of halogens is 2. The molecule has 1 saturated heterocycles. The summed E-state index contributed by atoms with van der Waals surface area (Å²) in [5.74, 6) is 2.16. The Bertz CT molecular complexity index is 468. The van der Waals surface area contributed by atoms with Crippen LogP contribution in [0.1, 0.15) is 39.5 Å². The van der Waals surface area contributed by atoms with Gasteiger partial charge in [0.1, 0.15) is 0 Å². The predicted molar refractivity (Wildman–Crippen MR) is 82.2 cm³/mol. The van der Waals surface area contributed by atoms with Crippen LogP contribution in [0.4, 0.5) is 0 Å². The van der Waals surface area contributed by atoms with Crippen molar-refractivity contribution in [3.8, 4) is 0 Å². The summed E-state index contributed by atoms with van der Waals surface area (Å²) in [5, 5.41) is 0. The first-order valence-electron chi connectivity index (χ1n) is 7.78. The summed E-state index contributed by atoms with van der Waals surface area (Å²) >= 11 is 2.23. The molecule has 4 rings (SSSR count). The van der Waals surface area contributed by atoms with Crippen LogP contribution in [0.15, 0.2) is 0 Å². The summed E-state index contributed by atoms with van der Waals surface area (Å²) in [6, 6.07) is 0. The summed E-state index contributed by atoms with van der Waals surface area (Å²) in [5.41, 5.74) is 0.608. The second kappa shape index (κ2) is 5.17. The van der Waals surface area contributed by atoms with Gasteiger partial charge in [0.25, 0.3) is 0 Å². The fourth-order valence-corrected chi connectivity index (χ4v) is 8.11. The van der Waals surface area contributed by atoms with Crippen LogP contribution in [0.3, 0.4) is 0 Å². The van der Waals surface area contributed by atoms with Crippen LogP contribution in [0, 0.1) is 23.2 Å². The number of nitrogens with one attached hydrogen (secondary N) is 1. The molecule has 1 spiro atoms. The van der Waals surface area contributed by atoms with E-state index in [1.54, 1.807) is 0 Å². The number of alkyl halides is 2. The average molecular weight is 518 g/mol. The summed E-state index contributed by atoms with van der Waals surface area (Å²) in [7, 11) is 0. The van der Waals surface area contributed by atoms with Crippen LogP contribution in [-0.2, 0) is 14.3 Å². The van der Waals surface area contributed by atoms with Gasteiger partial charge in [-0.25, -0.2) is 0 Å². The first-order chi connectivity index (χ1) is 9.92. The molecule has 1 aliphatic heterocycles. The van der Waals surface area contributed by atoms with E-state index < -0.39 is 3.42 Å². The van der Waals surface area contributed by atoms with E-state index in [-0.39, 0.29) is 34.2 Å². The zero-order chi connectivity index (χ0) is 14.8. The van der Waals surface area contributed by atoms with Crippen molar-refractivity contribution in [1.82, 2.24) is 3.53 Å². The molecule has 0 aromatic rings. The number of carbonyl (C=O) groups is 1. The molecule has 4 nitrogen and oxygen atoms in total. The van der Waals surface area contributed by atoms with Gasteiger partial charge in [0.05, 0.1) is 0 Å². The Morgan fingerprint density at radius 3 is 2.95 bits per heavy atom. The van der Waals surface area contributed by atoms with Crippen LogP contribution < -0.4 is 25.0 Å². The maximum atomic E-state index is 12.2. The molecule has 7 atom stereocenters. The third-order valence-electron chi connectivity index (χ3n) is 5.79. The Hall–Kier alpha value is 0.850. The molecule has 1 heterocycles. The van der Waals surface area contributed by atoms with Crippen LogP contribution in [0.25, 0.3) is 0 Å². The van der Waals surface area contributed by atoms with E-state index in [4.69, 9.17) is 9.47 Å². The second-order valence-corrected chi connectivity index (χ2v) is 12.3. The van der Waals surface area contributed by atoms with Gasteiger partial charge in [-0.3, -0.25) is 0 Å². The second-order valence-electron chi connectivity index (χ2n) is 7.52. The van der Waals surface area contributed by atoms with Gasteiger partial charge in [-0.1, -0.05) is 0 Å². The molecule has 120 valence electrons. The number of ether oxygens (including phenoxy) is 2. The van der Waals surface area contributed by atoms with Crippen molar-refractivity contribution in [3.05, 3.63) is 0 Å². The fourth-order valence-electron chi connectivity index (χ4n) is 4.77. The zero-order valence-corrected chi connectivity index (χ0v) is 16.7. The molecule has 0 amide bonds. The van der Waals surface area contributed by atoms with Gasteiger partial charge in [-0.2, -0.15) is 0 Å². The Balaban J connectivity index is 1.29. The van der Waals surface area contributed by atoms with E-state index in [0.717, 1.165) is 11.8 Å². The van der Waals surface area contributed by atoms with Gasteiger partial charge >= 0.3 is 151 Å². The Morgan fingerprint density at radius 2 is 2.24 bits per heavy atom. The molecule has 0 aromatic heterocycles. The molecule has 4 fully saturated rings. The Kier molecular flexibility index (Phi) is 3.79. The minimum absolute atomic E-state index is 0.0119. The van der Waals surface area contributed by atoms with Crippen LogP contribution in [-0.4, -0.2) is 26.3 Å². The van der Waals surface area contributed by atoms with Crippen LogP contribution >= 0.6 is 22.6 Å². The van der Waals surface area contributed by atoms with Crippen LogP contribution in [0.2, 0.25) is 0 Å². The zero-order valence-electron chi connectivity index (χ0n) is 12.4. The minimum atomic E-state index is -0.421. The fraction of sp³-hybridized carbons (Fsp3) is 0.933. The van der Waals surface area contributed by atoms with E-state index in [1.165, 1.54) is 25.7 Å². The van der Waals surface area contributed by atoms with E-state index in [1.807, 2.05) is 6.92 Å².